The molecule has 2 unspecified atom stereocenters. The number of nitrogens with zero attached hydrogens (tertiary/aromatic N) is 1. The normalized spacial score (nSPS) is 19.6. The number of benzene rings is 2. The van der Waals surface area contributed by atoms with Crippen LogP contribution < -0.4 is 4.90 Å². The molecule has 0 saturated heterocycles. The first kappa shape index (κ1) is 19.7. The topological polar surface area (TPSA) is 59.0 Å². The van der Waals surface area contributed by atoms with E-state index in [0.29, 0.717) is 12.4 Å². The maximum absolute atomic E-state index is 12.7. The summed E-state index contributed by atoms with van der Waals surface area (Å²) in [6.45, 7) is 4.49. The molecule has 0 fully saturated rings. The Morgan fingerprint density at radius 2 is 2.00 bits per heavy atom. The molecule has 144 valence electrons. The number of carbonyl (C=O) groups is 1. The van der Waals surface area contributed by atoms with Gasteiger partial charge in [-0.15, -0.1) is 11.6 Å². The highest BCUT2D eigenvalue weighted by Gasteiger charge is 2.42. The standard InChI is InChI=1S/C21H24ClNO4/c1-15(24)27-14-21(2)13-23(19-9-8-17(11-22)10-18(19)21)20(25)26-12-16-6-4-3-5-7-16/h3-10,15,24H,11-14H2,1-2H3. The van der Waals surface area contributed by atoms with Gasteiger partial charge in [0.25, 0.3) is 0 Å². The summed E-state index contributed by atoms with van der Waals surface area (Å²) < 4.78 is 11.0. The number of aliphatic hydroxyl groups is 1. The number of ether oxygens (including phenoxy) is 2. The Balaban J connectivity index is 1.81. The summed E-state index contributed by atoms with van der Waals surface area (Å²) in [5.41, 5.74) is 3.21. The fourth-order valence-corrected chi connectivity index (χ4v) is 3.46. The zero-order valence-corrected chi connectivity index (χ0v) is 16.3. The largest absolute Gasteiger partial charge is 0.444 e. The second-order valence-corrected chi connectivity index (χ2v) is 7.35. The minimum atomic E-state index is -0.874. The molecule has 0 spiro atoms. The van der Waals surface area contributed by atoms with Crippen LogP contribution in [0.4, 0.5) is 10.5 Å². The molecule has 27 heavy (non-hydrogen) atoms. The maximum atomic E-state index is 12.7. The number of amides is 1. The van der Waals surface area contributed by atoms with Gasteiger partial charge in [0, 0.05) is 17.8 Å². The van der Waals surface area contributed by atoms with Gasteiger partial charge < -0.3 is 14.6 Å². The summed E-state index contributed by atoms with van der Waals surface area (Å²) in [6.07, 6.45) is -1.28. The molecule has 2 aromatic rings. The highest BCUT2D eigenvalue weighted by Crippen LogP contribution is 2.42. The van der Waals surface area contributed by atoms with Crippen LogP contribution in [-0.4, -0.2) is 30.6 Å². The van der Waals surface area contributed by atoms with Gasteiger partial charge in [0.15, 0.2) is 6.29 Å². The summed E-state index contributed by atoms with van der Waals surface area (Å²) in [7, 11) is 0. The number of fused-ring (bicyclic) bond motifs is 1. The maximum Gasteiger partial charge on any atom is 0.414 e. The lowest BCUT2D eigenvalue weighted by Gasteiger charge is -2.26. The Kier molecular flexibility index (Phi) is 6.05. The van der Waals surface area contributed by atoms with E-state index in [1.165, 1.54) is 0 Å². The van der Waals surface area contributed by atoms with Gasteiger partial charge in [-0.3, -0.25) is 4.90 Å². The monoisotopic (exact) mass is 389 g/mol. The van der Waals surface area contributed by atoms with Gasteiger partial charge >= 0.3 is 6.09 Å². The molecule has 0 aromatic heterocycles. The van der Waals surface area contributed by atoms with Crippen molar-refractivity contribution in [2.24, 2.45) is 0 Å². The van der Waals surface area contributed by atoms with Crippen molar-refractivity contribution in [2.75, 3.05) is 18.1 Å². The SMILES string of the molecule is CC(O)OCC1(C)CN(C(=O)OCc2ccccc2)c2ccc(CCl)cc21. The molecule has 1 N–H and O–H groups in total. The van der Waals surface area contributed by atoms with Crippen molar-refractivity contribution in [1.82, 2.24) is 0 Å². The minimum absolute atomic E-state index is 0.214. The number of hydrogen-bond acceptors (Lipinski definition) is 4. The van der Waals surface area contributed by atoms with Gasteiger partial charge in [0.05, 0.1) is 12.3 Å². The van der Waals surface area contributed by atoms with E-state index in [2.05, 4.69) is 0 Å². The molecule has 2 atom stereocenters. The molecular formula is C21H24ClNO4. The molecule has 0 bridgehead atoms. The predicted molar refractivity (Wildman–Crippen MR) is 105 cm³/mol. The van der Waals surface area contributed by atoms with Crippen LogP contribution in [0.15, 0.2) is 48.5 Å². The van der Waals surface area contributed by atoms with Crippen molar-refractivity contribution in [3.63, 3.8) is 0 Å². The number of halogens is 1. The summed E-state index contributed by atoms with van der Waals surface area (Å²) in [6, 6.07) is 15.4. The fourth-order valence-electron chi connectivity index (χ4n) is 3.29. The number of rotatable bonds is 6. The van der Waals surface area contributed by atoms with E-state index >= 15 is 0 Å². The van der Waals surface area contributed by atoms with Gasteiger partial charge in [-0.1, -0.05) is 49.4 Å². The van der Waals surface area contributed by atoms with Crippen LogP contribution >= 0.6 is 11.6 Å². The van der Waals surface area contributed by atoms with Gasteiger partial charge in [-0.2, -0.15) is 0 Å². The van der Waals surface area contributed by atoms with Crippen LogP contribution in [0, 0.1) is 0 Å². The van der Waals surface area contributed by atoms with Gasteiger partial charge in [-0.25, -0.2) is 4.79 Å². The first-order chi connectivity index (χ1) is 12.9. The number of hydrogen-bond donors (Lipinski definition) is 1. The second kappa shape index (κ2) is 8.30. The third-order valence-corrected chi connectivity index (χ3v) is 5.04. The van der Waals surface area contributed by atoms with Crippen molar-refractivity contribution in [3.8, 4) is 0 Å². The average molecular weight is 390 g/mol. The molecule has 1 amide bonds. The van der Waals surface area contributed by atoms with Crippen molar-refractivity contribution in [1.29, 1.82) is 0 Å². The van der Waals surface area contributed by atoms with Gasteiger partial charge in [-0.05, 0) is 29.7 Å². The predicted octanol–water partition coefficient (Wildman–Crippen LogP) is 4.19. The molecule has 3 rings (SSSR count). The molecule has 1 heterocycles. The van der Waals surface area contributed by atoms with E-state index in [1.807, 2.05) is 55.5 Å². The molecule has 0 radical (unpaired) electrons. The Bertz CT molecular complexity index is 796. The molecule has 0 aliphatic carbocycles. The quantitative estimate of drug-likeness (QED) is 0.594. The van der Waals surface area contributed by atoms with Gasteiger partial charge in [0.1, 0.15) is 6.61 Å². The van der Waals surface area contributed by atoms with Crippen LogP contribution in [0.2, 0.25) is 0 Å². The molecular weight excluding hydrogens is 366 g/mol. The number of anilines is 1. The van der Waals surface area contributed by atoms with Crippen LogP contribution in [0.5, 0.6) is 0 Å². The Hall–Kier alpha value is -2.08. The van der Waals surface area contributed by atoms with Gasteiger partial charge in [0.2, 0.25) is 0 Å². The summed E-state index contributed by atoms with van der Waals surface area (Å²) in [5.74, 6) is 0.388. The minimum Gasteiger partial charge on any atom is -0.444 e. The van der Waals surface area contributed by atoms with Crippen LogP contribution in [0.25, 0.3) is 0 Å². The highest BCUT2D eigenvalue weighted by molar-refractivity contribution is 6.17. The lowest BCUT2D eigenvalue weighted by molar-refractivity contribution is -0.0980. The number of carbonyl (C=O) groups excluding carboxylic acids is 1. The second-order valence-electron chi connectivity index (χ2n) is 7.08. The van der Waals surface area contributed by atoms with E-state index in [4.69, 9.17) is 21.1 Å². The molecule has 6 heteroatoms. The van der Waals surface area contributed by atoms with E-state index in [-0.39, 0.29) is 13.2 Å². The first-order valence-electron chi connectivity index (χ1n) is 8.90. The average Bonchev–Trinajstić information content (AvgIpc) is 2.98. The highest BCUT2D eigenvalue weighted by atomic mass is 35.5. The summed E-state index contributed by atoms with van der Waals surface area (Å²) in [5, 5.41) is 9.51. The Labute approximate surface area is 164 Å². The molecule has 1 aliphatic rings. The third-order valence-electron chi connectivity index (χ3n) is 4.73. The Morgan fingerprint density at radius 3 is 2.67 bits per heavy atom. The van der Waals surface area contributed by atoms with Crippen molar-refractivity contribution < 1.29 is 19.4 Å². The molecule has 0 saturated carbocycles. The zero-order chi connectivity index (χ0) is 19.4. The lowest BCUT2D eigenvalue weighted by Crippen LogP contribution is -2.39. The van der Waals surface area contributed by atoms with Crippen molar-refractivity contribution >= 4 is 23.4 Å². The van der Waals surface area contributed by atoms with Crippen LogP contribution in [-0.2, 0) is 27.4 Å². The molecule has 2 aromatic carbocycles. The van der Waals surface area contributed by atoms with Crippen molar-refractivity contribution in [2.45, 2.75) is 38.0 Å². The Morgan fingerprint density at radius 1 is 1.26 bits per heavy atom. The van der Waals surface area contributed by atoms with E-state index in [0.717, 1.165) is 22.4 Å². The number of aliphatic hydroxyl groups excluding tert-OH is 1. The van der Waals surface area contributed by atoms with E-state index in [9.17, 15) is 9.90 Å². The molecule has 5 nitrogen and oxygen atoms in total. The zero-order valence-electron chi connectivity index (χ0n) is 15.5. The van der Waals surface area contributed by atoms with Crippen LogP contribution in [0.3, 0.4) is 0 Å². The van der Waals surface area contributed by atoms with Crippen LogP contribution in [0.1, 0.15) is 30.5 Å². The fraction of sp³-hybridized carbons (Fsp3) is 0.381. The summed E-state index contributed by atoms with van der Waals surface area (Å²) in [4.78, 5) is 14.4. The third kappa shape index (κ3) is 4.43. The smallest absolute Gasteiger partial charge is 0.414 e. The summed E-state index contributed by atoms with van der Waals surface area (Å²) >= 11 is 5.99. The van der Waals surface area contributed by atoms with E-state index < -0.39 is 17.8 Å². The number of alkyl halides is 1. The molecule has 1 aliphatic heterocycles. The van der Waals surface area contributed by atoms with E-state index in [1.54, 1.807) is 11.8 Å². The first-order valence-corrected chi connectivity index (χ1v) is 9.44. The lowest BCUT2D eigenvalue weighted by atomic mass is 9.84. The van der Waals surface area contributed by atoms with Crippen molar-refractivity contribution in [3.05, 3.63) is 65.2 Å².